The fourth-order valence-corrected chi connectivity index (χ4v) is 3.75. The van der Waals surface area contributed by atoms with Crippen LogP contribution in [0.25, 0.3) is 6.08 Å². The van der Waals surface area contributed by atoms with Crippen LogP contribution in [0, 0.1) is 25.2 Å². The number of aryl methyl sites for hydroxylation is 2. The van der Waals surface area contributed by atoms with Gasteiger partial charge in [-0.2, -0.15) is 5.26 Å². The summed E-state index contributed by atoms with van der Waals surface area (Å²) in [6, 6.07) is 16.2. The average molecular weight is 510 g/mol. The summed E-state index contributed by atoms with van der Waals surface area (Å²) in [4.78, 5) is 24.8. The average Bonchev–Trinajstić information content (AvgIpc) is 2.80. The van der Waals surface area contributed by atoms with E-state index in [9.17, 15) is 20.0 Å². The zero-order valence-electron chi connectivity index (χ0n) is 18.9. The van der Waals surface area contributed by atoms with Gasteiger partial charge in [-0.3, -0.25) is 9.59 Å². The molecule has 35 heavy (non-hydrogen) atoms. The number of aromatic hydroxyl groups is 1. The van der Waals surface area contributed by atoms with E-state index in [0.717, 1.165) is 11.1 Å². The Balaban J connectivity index is 1.69. The molecule has 0 unspecified atom stereocenters. The Morgan fingerprint density at radius 3 is 2.29 bits per heavy atom. The molecule has 0 aliphatic rings. The van der Waals surface area contributed by atoms with Gasteiger partial charge in [-0.25, -0.2) is 0 Å². The van der Waals surface area contributed by atoms with Crippen LogP contribution >= 0.6 is 23.2 Å². The second kappa shape index (κ2) is 11.4. The minimum atomic E-state index is -0.645. The molecule has 0 fully saturated rings. The van der Waals surface area contributed by atoms with Crippen LogP contribution in [0.5, 0.6) is 11.5 Å². The molecule has 9 heteroatoms. The Kier molecular flexibility index (Phi) is 8.37. The Bertz CT molecular complexity index is 1320. The first-order valence-electron chi connectivity index (χ1n) is 10.4. The molecule has 3 aromatic rings. The van der Waals surface area contributed by atoms with Gasteiger partial charge >= 0.3 is 0 Å². The largest absolute Gasteiger partial charge is 0.508 e. The van der Waals surface area contributed by atoms with Crippen molar-refractivity contribution in [2.24, 2.45) is 0 Å². The summed E-state index contributed by atoms with van der Waals surface area (Å²) >= 11 is 12.6. The van der Waals surface area contributed by atoms with Crippen molar-refractivity contribution in [2.75, 3.05) is 17.2 Å². The van der Waals surface area contributed by atoms with Gasteiger partial charge in [-0.05, 0) is 73.5 Å². The number of carbonyl (C=O) groups excluding carboxylic acids is 2. The number of rotatable bonds is 7. The van der Waals surface area contributed by atoms with Crippen molar-refractivity contribution >= 4 is 52.5 Å². The SMILES string of the molecule is Cc1ccc(NC(=O)COc2c(Cl)cc(/C=C(\C#N)C(=O)Nc3ccc(O)cc3)cc2Cl)c(C)c1. The van der Waals surface area contributed by atoms with E-state index >= 15 is 0 Å². The molecule has 0 saturated heterocycles. The van der Waals surface area contributed by atoms with E-state index in [1.54, 1.807) is 0 Å². The maximum absolute atomic E-state index is 12.4. The number of amides is 2. The van der Waals surface area contributed by atoms with Gasteiger partial charge in [0.2, 0.25) is 0 Å². The van der Waals surface area contributed by atoms with Crippen molar-refractivity contribution in [3.63, 3.8) is 0 Å². The summed E-state index contributed by atoms with van der Waals surface area (Å²) in [7, 11) is 0. The number of halogens is 2. The van der Waals surface area contributed by atoms with Crippen molar-refractivity contribution in [1.29, 1.82) is 5.26 Å². The number of hydrogen-bond acceptors (Lipinski definition) is 5. The Morgan fingerprint density at radius 1 is 1.03 bits per heavy atom. The van der Waals surface area contributed by atoms with Gasteiger partial charge < -0.3 is 20.5 Å². The van der Waals surface area contributed by atoms with E-state index in [2.05, 4.69) is 10.6 Å². The van der Waals surface area contributed by atoms with Gasteiger partial charge in [0.05, 0.1) is 10.0 Å². The molecule has 0 aliphatic carbocycles. The highest BCUT2D eigenvalue weighted by molar-refractivity contribution is 6.37. The quantitative estimate of drug-likeness (QED) is 0.209. The monoisotopic (exact) mass is 509 g/mol. The molecule has 0 heterocycles. The lowest BCUT2D eigenvalue weighted by Crippen LogP contribution is -2.20. The lowest BCUT2D eigenvalue weighted by atomic mass is 10.1. The smallest absolute Gasteiger partial charge is 0.266 e. The highest BCUT2D eigenvalue weighted by atomic mass is 35.5. The van der Waals surface area contributed by atoms with Crippen molar-refractivity contribution in [3.8, 4) is 17.6 Å². The van der Waals surface area contributed by atoms with Crippen LogP contribution in [0.2, 0.25) is 10.0 Å². The highest BCUT2D eigenvalue weighted by Gasteiger charge is 2.15. The molecule has 0 aromatic heterocycles. The summed E-state index contributed by atoms with van der Waals surface area (Å²) in [6.45, 7) is 3.54. The number of nitriles is 1. The summed E-state index contributed by atoms with van der Waals surface area (Å²) in [5.74, 6) is -0.874. The van der Waals surface area contributed by atoms with E-state index in [1.165, 1.54) is 42.5 Å². The number of benzene rings is 3. The Hall–Kier alpha value is -3.99. The number of nitrogens with one attached hydrogen (secondary N) is 2. The highest BCUT2D eigenvalue weighted by Crippen LogP contribution is 2.35. The van der Waals surface area contributed by atoms with E-state index in [1.807, 2.05) is 38.1 Å². The Labute approximate surface area is 212 Å². The molecular weight excluding hydrogens is 489 g/mol. The molecule has 0 radical (unpaired) electrons. The van der Waals surface area contributed by atoms with Gasteiger partial charge in [0.15, 0.2) is 12.4 Å². The lowest BCUT2D eigenvalue weighted by molar-refractivity contribution is -0.118. The normalized spacial score (nSPS) is 10.9. The molecule has 178 valence electrons. The molecule has 3 rings (SSSR count). The number of phenols is 1. The van der Waals surface area contributed by atoms with Crippen LogP contribution in [0.4, 0.5) is 11.4 Å². The van der Waals surface area contributed by atoms with Crippen LogP contribution in [-0.2, 0) is 9.59 Å². The molecule has 0 aliphatic heterocycles. The third-order valence-corrected chi connectivity index (χ3v) is 5.39. The van der Waals surface area contributed by atoms with E-state index in [4.69, 9.17) is 27.9 Å². The third-order valence-electron chi connectivity index (χ3n) is 4.83. The second-order valence-corrected chi connectivity index (χ2v) is 8.45. The molecule has 0 atom stereocenters. The third kappa shape index (κ3) is 7.00. The van der Waals surface area contributed by atoms with E-state index < -0.39 is 5.91 Å². The fraction of sp³-hybridized carbons (Fsp3) is 0.115. The first kappa shape index (κ1) is 25.6. The van der Waals surface area contributed by atoms with Gasteiger partial charge in [0.25, 0.3) is 11.8 Å². The molecular formula is C26H21Cl2N3O4. The lowest BCUT2D eigenvalue weighted by Gasteiger charge is -2.12. The zero-order chi connectivity index (χ0) is 25.5. The first-order chi connectivity index (χ1) is 16.7. The number of hydrogen-bond donors (Lipinski definition) is 3. The van der Waals surface area contributed by atoms with Gasteiger partial charge in [0, 0.05) is 11.4 Å². The molecule has 0 saturated carbocycles. The molecule has 2 amide bonds. The number of phenolic OH excluding ortho intramolecular Hbond substituents is 1. The summed E-state index contributed by atoms with van der Waals surface area (Å²) < 4.78 is 5.53. The number of anilines is 2. The Morgan fingerprint density at radius 2 is 1.69 bits per heavy atom. The minimum absolute atomic E-state index is 0.0494. The van der Waals surface area contributed by atoms with E-state index in [0.29, 0.717) is 16.9 Å². The van der Waals surface area contributed by atoms with Crippen LogP contribution in [0.15, 0.2) is 60.2 Å². The summed E-state index contributed by atoms with van der Waals surface area (Å²) in [6.07, 6.45) is 1.32. The van der Waals surface area contributed by atoms with Crippen LogP contribution in [0.1, 0.15) is 16.7 Å². The van der Waals surface area contributed by atoms with Crippen molar-refractivity contribution in [1.82, 2.24) is 0 Å². The summed E-state index contributed by atoms with van der Waals surface area (Å²) in [5, 5.41) is 24.3. The predicted octanol–water partition coefficient (Wildman–Crippen LogP) is 5.88. The zero-order valence-corrected chi connectivity index (χ0v) is 20.4. The van der Waals surface area contributed by atoms with Crippen LogP contribution in [0.3, 0.4) is 0 Å². The summed E-state index contributed by atoms with van der Waals surface area (Å²) in [5.41, 5.74) is 3.30. The van der Waals surface area contributed by atoms with Crippen molar-refractivity contribution in [3.05, 3.63) is 86.9 Å². The minimum Gasteiger partial charge on any atom is -0.508 e. The van der Waals surface area contributed by atoms with E-state index in [-0.39, 0.29) is 39.6 Å². The van der Waals surface area contributed by atoms with Gasteiger partial charge in [-0.15, -0.1) is 0 Å². The van der Waals surface area contributed by atoms with Gasteiger partial charge in [-0.1, -0.05) is 40.9 Å². The molecule has 7 nitrogen and oxygen atoms in total. The first-order valence-corrected chi connectivity index (χ1v) is 11.1. The van der Waals surface area contributed by atoms with Crippen molar-refractivity contribution in [2.45, 2.75) is 13.8 Å². The maximum Gasteiger partial charge on any atom is 0.266 e. The molecule has 3 N–H and O–H groups in total. The van der Waals surface area contributed by atoms with Crippen LogP contribution in [-0.4, -0.2) is 23.5 Å². The second-order valence-electron chi connectivity index (χ2n) is 7.64. The number of nitrogens with zero attached hydrogens (tertiary/aromatic N) is 1. The fourth-order valence-electron chi connectivity index (χ4n) is 3.14. The molecule has 0 bridgehead atoms. The standard InChI is InChI=1S/C26H21Cl2N3O4/c1-15-3-8-23(16(2)9-15)31-24(33)14-35-25-21(27)11-17(12-22(25)28)10-18(13-29)26(34)30-19-4-6-20(32)7-5-19/h3-12,32H,14H2,1-2H3,(H,30,34)(H,31,33)/b18-10+. The number of ether oxygens (including phenoxy) is 1. The van der Waals surface area contributed by atoms with Crippen LogP contribution < -0.4 is 15.4 Å². The van der Waals surface area contributed by atoms with Crippen molar-refractivity contribution < 1.29 is 19.4 Å². The van der Waals surface area contributed by atoms with Gasteiger partial charge in [0.1, 0.15) is 17.4 Å². The maximum atomic E-state index is 12.4. The molecule has 0 spiro atoms. The topological polar surface area (TPSA) is 111 Å². The number of carbonyl (C=O) groups is 2. The predicted molar refractivity (Wildman–Crippen MR) is 137 cm³/mol. The molecule has 3 aromatic carbocycles.